The van der Waals surface area contributed by atoms with Gasteiger partial charge in [0, 0.05) is 17.2 Å². The predicted octanol–water partition coefficient (Wildman–Crippen LogP) is 1.08. The fourth-order valence-corrected chi connectivity index (χ4v) is 1.62. The normalized spacial score (nSPS) is 13.3. The third-order valence-corrected chi connectivity index (χ3v) is 2.38. The molecule has 0 saturated carbocycles. The van der Waals surface area contributed by atoms with E-state index < -0.39 is 4.92 Å². The lowest BCUT2D eigenvalue weighted by molar-refractivity contribution is -0.384. The van der Waals surface area contributed by atoms with Crippen molar-refractivity contribution in [3.05, 3.63) is 32.9 Å². The summed E-state index contributed by atoms with van der Waals surface area (Å²) in [7, 11) is 0. The SMILES string of the molecule is N#Cc1cc([N+](=O)[O-])c(N)c2c1COC2. The van der Waals surface area contributed by atoms with Gasteiger partial charge in [-0.25, -0.2) is 0 Å². The van der Waals surface area contributed by atoms with Crippen LogP contribution in [0, 0.1) is 21.4 Å². The summed E-state index contributed by atoms with van der Waals surface area (Å²) in [6, 6.07) is 3.11. The van der Waals surface area contributed by atoms with Crippen LogP contribution < -0.4 is 5.73 Å². The van der Waals surface area contributed by atoms with Gasteiger partial charge in [0.1, 0.15) is 5.69 Å². The maximum Gasteiger partial charge on any atom is 0.293 e. The van der Waals surface area contributed by atoms with E-state index >= 15 is 0 Å². The number of fused-ring (bicyclic) bond motifs is 1. The minimum Gasteiger partial charge on any atom is -0.393 e. The van der Waals surface area contributed by atoms with Gasteiger partial charge < -0.3 is 10.5 Å². The average Bonchev–Trinajstić information content (AvgIpc) is 2.67. The molecule has 6 nitrogen and oxygen atoms in total. The molecule has 0 fully saturated rings. The number of hydrogen-bond donors (Lipinski definition) is 1. The van der Waals surface area contributed by atoms with E-state index in [2.05, 4.69) is 0 Å². The Hall–Kier alpha value is -2.13. The highest BCUT2D eigenvalue weighted by molar-refractivity contribution is 5.69. The Morgan fingerprint density at radius 2 is 2.20 bits per heavy atom. The van der Waals surface area contributed by atoms with Crippen LogP contribution in [-0.2, 0) is 18.0 Å². The van der Waals surface area contributed by atoms with Crippen LogP contribution in [0.4, 0.5) is 11.4 Å². The van der Waals surface area contributed by atoms with E-state index in [0.29, 0.717) is 17.7 Å². The van der Waals surface area contributed by atoms with Gasteiger partial charge in [0.2, 0.25) is 0 Å². The first kappa shape index (κ1) is 9.43. The van der Waals surface area contributed by atoms with Gasteiger partial charge in [-0.15, -0.1) is 0 Å². The highest BCUT2D eigenvalue weighted by Crippen LogP contribution is 2.35. The molecule has 0 atom stereocenters. The summed E-state index contributed by atoms with van der Waals surface area (Å²) < 4.78 is 5.12. The number of nitriles is 1. The third-order valence-electron chi connectivity index (χ3n) is 2.38. The lowest BCUT2D eigenvalue weighted by Crippen LogP contribution is -2.02. The van der Waals surface area contributed by atoms with Crippen LogP contribution in [0.15, 0.2) is 6.07 Å². The van der Waals surface area contributed by atoms with Crippen LogP contribution in [-0.4, -0.2) is 4.92 Å². The van der Waals surface area contributed by atoms with Crippen LogP contribution in [0.25, 0.3) is 0 Å². The number of nitrogen functional groups attached to an aromatic ring is 1. The molecule has 0 bridgehead atoms. The molecule has 1 aromatic carbocycles. The van der Waals surface area contributed by atoms with Crippen molar-refractivity contribution in [2.75, 3.05) is 5.73 Å². The fourth-order valence-electron chi connectivity index (χ4n) is 1.62. The molecule has 2 rings (SSSR count). The van der Waals surface area contributed by atoms with Gasteiger partial charge in [0.05, 0.1) is 29.8 Å². The molecule has 0 saturated heterocycles. The molecule has 0 spiro atoms. The Bertz CT molecular complexity index is 490. The Kier molecular flexibility index (Phi) is 2.02. The number of ether oxygens (including phenoxy) is 1. The molecule has 2 N–H and O–H groups in total. The van der Waals surface area contributed by atoms with Crippen molar-refractivity contribution in [3.8, 4) is 6.07 Å². The zero-order chi connectivity index (χ0) is 11.0. The van der Waals surface area contributed by atoms with Gasteiger partial charge in [-0.2, -0.15) is 5.26 Å². The van der Waals surface area contributed by atoms with Crippen LogP contribution in [0.5, 0.6) is 0 Å². The second-order valence-electron chi connectivity index (χ2n) is 3.18. The molecule has 0 radical (unpaired) electrons. The van der Waals surface area contributed by atoms with Crippen molar-refractivity contribution in [1.29, 1.82) is 5.26 Å². The van der Waals surface area contributed by atoms with E-state index in [4.69, 9.17) is 15.7 Å². The summed E-state index contributed by atoms with van der Waals surface area (Å²) in [6.07, 6.45) is 0. The Morgan fingerprint density at radius 3 is 2.80 bits per heavy atom. The molecule has 1 aromatic rings. The van der Waals surface area contributed by atoms with Crippen LogP contribution >= 0.6 is 0 Å². The maximum atomic E-state index is 10.7. The molecule has 0 amide bonds. The summed E-state index contributed by atoms with van der Waals surface area (Å²) in [5, 5.41) is 19.5. The standard InChI is InChI=1S/C9H7N3O3/c10-2-5-1-8(12(13)14)9(11)7-4-15-3-6(5)7/h1H,3-4,11H2. The molecule has 0 aliphatic carbocycles. The van der Waals surface area contributed by atoms with Gasteiger partial charge in [-0.3, -0.25) is 10.1 Å². The van der Waals surface area contributed by atoms with Crippen LogP contribution in [0.1, 0.15) is 16.7 Å². The van der Waals surface area contributed by atoms with Gasteiger partial charge >= 0.3 is 0 Å². The number of nitrogens with zero attached hydrogens (tertiary/aromatic N) is 2. The number of hydrogen-bond acceptors (Lipinski definition) is 5. The molecule has 76 valence electrons. The van der Waals surface area contributed by atoms with E-state index in [1.807, 2.05) is 6.07 Å². The smallest absolute Gasteiger partial charge is 0.293 e. The lowest BCUT2D eigenvalue weighted by Gasteiger charge is -2.04. The fraction of sp³-hybridized carbons (Fsp3) is 0.222. The Morgan fingerprint density at radius 1 is 1.53 bits per heavy atom. The van der Waals surface area contributed by atoms with Gasteiger partial charge in [-0.1, -0.05) is 0 Å². The second kappa shape index (κ2) is 3.22. The minimum atomic E-state index is -0.589. The number of nitrogens with two attached hydrogens (primary N) is 1. The topological polar surface area (TPSA) is 102 Å². The number of nitro benzene ring substituents is 1. The van der Waals surface area contributed by atoms with E-state index in [1.54, 1.807) is 0 Å². The Balaban J connectivity index is 2.73. The Labute approximate surface area is 85.0 Å². The largest absolute Gasteiger partial charge is 0.393 e. The van der Waals surface area contributed by atoms with Crippen molar-refractivity contribution in [2.45, 2.75) is 13.2 Å². The summed E-state index contributed by atoms with van der Waals surface area (Å²) >= 11 is 0. The third kappa shape index (κ3) is 1.30. The molecule has 6 heteroatoms. The number of rotatable bonds is 1. The lowest BCUT2D eigenvalue weighted by atomic mass is 10.0. The summed E-state index contributed by atoms with van der Waals surface area (Å²) in [5.41, 5.74) is 7.01. The van der Waals surface area contributed by atoms with E-state index in [1.165, 1.54) is 6.07 Å². The summed E-state index contributed by atoms with van der Waals surface area (Å²) in [4.78, 5) is 10.1. The number of nitro groups is 1. The van der Waals surface area contributed by atoms with Gasteiger partial charge in [-0.05, 0) is 0 Å². The minimum absolute atomic E-state index is 0.103. The average molecular weight is 205 g/mol. The summed E-state index contributed by atoms with van der Waals surface area (Å²) in [6.45, 7) is 0.526. The quantitative estimate of drug-likeness (QED) is 0.419. The van der Waals surface area contributed by atoms with Crippen LogP contribution in [0.2, 0.25) is 0 Å². The van der Waals surface area contributed by atoms with Crippen molar-refractivity contribution in [2.24, 2.45) is 0 Å². The zero-order valence-corrected chi connectivity index (χ0v) is 7.69. The summed E-state index contributed by atoms with van der Waals surface area (Å²) in [5.74, 6) is 0. The molecule has 1 aliphatic heterocycles. The molecule has 1 heterocycles. The van der Waals surface area contributed by atoms with Gasteiger partial charge in [0.25, 0.3) is 5.69 Å². The van der Waals surface area contributed by atoms with E-state index in [-0.39, 0.29) is 23.5 Å². The molecular weight excluding hydrogens is 198 g/mol. The predicted molar refractivity (Wildman–Crippen MR) is 50.7 cm³/mol. The van der Waals surface area contributed by atoms with Gasteiger partial charge in [0.15, 0.2) is 0 Å². The van der Waals surface area contributed by atoms with Crippen molar-refractivity contribution < 1.29 is 9.66 Å². The molecule has 0 aromatic heterocycles. The van der Waals surface area contributed by atoms with Crippen molar-refractivity contribution in [1.82, 2.24) is 0 Å². The van der Waals surface area contributed by atoms with E-state index in [0.717, 1.165) is 0 Å². The molecule has 0 unspecified atom stereocenters. The second-order valence-corrected chi connectivity index (χ2v) is 3.18. The maximum absolute atomic E-state index is 10.7. The first-order chi connectivity index (χ1) is 7.15. The van der Waals surface area contributed by atoms with Crippen molar-refractivity contribution >= 4 is 11.4 Å². The first-order valence-electron chi connectivity index (χ1n) is 4.21. The molecule has 15 heavy (non-hydrogen) atoms. The van der Waals surface area contributed by atoms with Crippen molar-refractivity contribution in [3.63, 3.8) is 0 Å². The highest BCUT2D eigenvalue weighted by atomic mass is 16.6. The zero-order valence-electron chi connectivity index (χ0n) is 7.69. The molecule has 1 aliphatic rings. The number of benzene rings is 1. The first-order valence-corrected chi connectivity index (χ1v) is 4.21. The molecular formula is C9H7N3O3. The number of anilines is 1. The highest BCUT2D eigenvalue weighted by Gasteiger charge is 2.25. The van der Waals surface area contributed by atoms with E-state index in [9.17, 15) is 10.1 Å². The van der Waals surface area contributed by atoms with Crippen LogP contribution in [0.3, 0.4) is 0 Å². The monoisotopic (exact) mass is 205 g/mol.